The molecule has 0 bridgehead atoms. The molecule has 0 unspecified atom stereocenters. The molecular formula is C13H15O2. The lowest BCUT2D eigenvalue weighted by Crippen LogP contribution is -2.00. The molecule has 1 radical (unpaired) electrons. The topological polar surface area (TPSA) is 26.3 Å². The quantitative estimate of drug-likeness (QED) is 0.688. The molecule has 0 atom stereocenters. The van der Waals surface area contributed by atoms with E-state index in [4.69, 9.17) is 6.58 Å². The lowest BCUT2D eigenvalue weighted by Gasteiger charge is -2.01. The van der Waals surface area contributed by atoms with Crippen LogP contribution in [0.2, 0.25) is 0 Å². The maximum atomic E-state index is 10.9. The highest BCUT2D eigenvalue weighted by Crippen LogP contribution is 2.08. The lowest BCUT2D eigenvalue weighted by molar-refractivity contribution is -0.140. The van der Waals surface area contributed by atoms with E-state index < -0.39 is 0 Å². The van der Waals surface area contributed by atoms with E-state index in [1.54, 1.807) is 6.08 Å². The molecule has 1 aromatic rings. The maximum Gasteiger partial charge on any atom is 0.305 e. The number of methoxy groups -OCH3 is 1. The Morgan fingerprint density at radius 2 is 2.07 bits per heavy atom. The summed E-state index contributed by atoms with van der Waals surface area (Å²) in [4.78, 5) is 10.9. The van der Waals surface area contributed by atoms with Crippen molar-refractivity contribution in [3.63, 3.8) is 0 Å². The van der Waals surface area contributed by atoms with Crippen LogP contribution < -0.4 is 0 Å². The van der Waals surface area contributed by atoms with E-state index in [0.717, 1.165) is 18.4 Å². The third-order valence-corrected chi connectivity index (χ3v) is 2.25. The Balaban J connectivity index is 2.37. The zero-order chi connectivity index (χ0) is 11.1. The average Bonchev–Trinajstić information content (AvgIpc) is 2.29. The van der Waals surface area contributed by atoms with Gasteiger partial charge in [0.25, 0.3) is 0 Å². The number of rotatable bonds is 5. The van der Waals surface area contributed by atoms with Crippen molar-refractivity contribution in [2.75, 3.05) is 7.11 Å². The van der Waals surface area contributed by atoms with Crippen LogP contribution in [0.25, 0.3) is 6.08 Å². The Kier molecular flexibility index (Phi) is 4.61. The SMILES string of the molecule is [CH]=Cc1ccc(CCCC(=O)OC)cc1. The van der Waals surface area contributed by atoms with Crippen molar-refractivity contribution in [2.45, 2.75) is 19.3 Å². The van der Waals surface area contributed by atoms with Crippen molar-refractivity contribution in [1.82, 2.24) is 0 Å². The number of hydrogen-bond donors (Lipinski definition) is 0. The Morgan fingerprint density at radius 3 is 2.60 bits per heavy atom. The van der Waals surface area contributed by atoms with Gasteiger partial charge in [0.2, 0.25) is 0 Å². The standard InChI is InChI=1S/C13H15O2/c1-3-11-7-9-12(10-8-11)5-4-6-13(14)15-2/h1,3,7-10H,4-6H2,2H3. The van der Waals surface area contributed by atoms with Gasteiger partial charge in [-0.25, -0.2) is 0 Å². The Bertz CT molecular complexity index is 325. The van der Waals surface area contributed by atoms with Crippen LogP contribution in [0.15, 0.2) is 24.3 Å². The van der Waals surface area contributed by atoms with Crippen molar-refractivity contribution in [1.29, 1.82) is 0 Å². The van der Waals surface area contributed by atoms with Crippen molar-refractivity contribution >= 4 is 12.0 Å². The van der Waals surface area contributed by atoms with Gasteiger partial charge in [-0.05, 0) is 24.0 Å². The second-order valence-electron chi connectivity index (χ2n) is 3.34. The van der Waals surface area contributed by atoms with Gasteiger partial charge in [-0.3, -0.25) is 4.79 Å². The second-order valence-corrected chi connectivity index (χ2v) is 3.34. The van der Waals surface area contributed by atoms with Crippen LogP contribution in [-0.4, -0.2) is 13.1 Å². The normalized spacial score (nSPS) is 9.67. The van der Waals surface area contributed by atoms with Crippen molar-refractivity contribution in [3.8, 4) is 0 Å². The number of carbonyl (C=O) groups is 1. The summed E-state index contributed by atoms with van der Waals surface area (Å²) in [7, 11) is 1.41. The van der Waals surface area contributed by atoms with Crippen LogP contribution in [0.5, 0.6) is 0 Å². The molecule has 0 aliphatic rings. The molecule has 0 aromatic heterocycles. The zero-order valence-corrected chi connectivity index (χ0v) is 8.90. The van der Waals surface area contributed by atoms with Crippen LogP contribution in [0.1, 0.15) is 24.0 Å². The van der Waals surface area contributed by atoms with Gasteiger partial charge in [-0.2, -0.15) is 0 Å². The Morgan fingerprint density at radius 1 is 1.40 bits per heavy atom. The first-order chi connectivity index (χ1) is 7.26. The summed E-state index contributed by atoms with van der Waals surface area (Å²) in [6.07, 6.45) is 3.75. The van der Waals surface area contributed by atoms with E-state index in [0.29, 0.717) is 6.42 Å². The molecule has 1 aromatic carbocycles. The van der Waals surface area contributed by atoms with E-state index in [2.05, 4.69) is 4.74 Å². The average molecular weight is 203 g/mol. The maximum absolute atomic E-state index is 10.9. The number of benzene rings is 1. The number of hydrogen-bond acceptors (Lipinski definition) is 2. The zero-order valence-electron chi connectivity index (χ0n) is 8.90. The van der Waals surface area contributed by atoms with Gasteiger partial charge < -0.3 is 4.74 Å². The number of aryl methyl sites for hydroxylation is 1. The van der Waals surface area contributed by atoms with Crippen molar-refractivity contribution in [3.05, 3.63) is 42.0 Å². The van der Waals surface area contributed by atoms with Gasteiger partial charge in [-0.15, -0.1) is 0 Å². The molecule has 0 amide bonds. The smallest absolute Gasteiger partial charge is 0.305 e. The summed E-state index contributed by atoms with van der Waals surface area (Å²) in [5.41, 5.74) is 2.22. The largest absolute Gasteiger partial charge is 0.469 e. The monoisotopic (exact) mass is 203 g/mol. The Labute approximate surface area is 90.6 Å². The Hall–Kier alpha value is -1.57. The van der Waals surface area contributed by atoms with Gasteiger partial charge in [0.05, 0.1) is 7.11 Å². The van der Waals surface area contributed by atoms with E-state index in [-0.39, 0.29) is 5.97 Å². The second kappa shape index (κ2) is 6.02. The van der Waals surface area contributed by atoms with Crippen LogP contribution in [0.4, 0.5) is 0 Å². The molecule has 2 nitrogen and oxygen atoms in total. The number of esters is 1. The minimum atomic E-state index is -0.151. The molecule has 0 fully saturated rings. The molecule has 0 saturated carbocycles. The van der Waals surface area contributed by atoms with E-state index in [1.165, 1.54) is 12.7 Å². The molecule has 0 spiro atoms. The molecule has 79 valence electrons. The third kappa shape index (κ3) is 3.98. The van der Waals surface area contributed by atoms with Crippen molar-refractivity contribution in [2.24, 2.45) is 0 Å². The molecule has 0 N–H and O–H groups in total. The molecular weight excluding hydrogens is 188 g/mol. The van der Waals surface area contributed by atoms with Crippen LogP contribution in [0, 0.1) is 6.58 Å². The molecule has 0 saturated heterocycles. The first-order valence-corrected chi connectivity index (χ1v) is 4.97. The summed E-state index contributed by atoms with van der Waals surface area (Å²) in [6.45, 7) is 5.37. The predicted molar refractivity (Wildman–Crippen MR) is 60.2 cm³/mol. The van der Waals surface area contributed by atoms with E-state index >= 15 is 0 Å². The summed E-state index contributed by atoms with van der Waals surface area (Å²) in [6, 6.07) is 7.98. The highest BCUT2D eigenvalue weighted by Gasteiger charge is 2.00. The molecule has 0 aliphatic carbocycles. The summed E-state index contributed by atoms with van der Waals surface area (Å²) < 4.78 is 4.56. The number of ether oxygens (including phenoxy) is 1. The fourth-order valence-corrected chi connectivity index (χ4v) is 1.33. The molecule has 1 rings (SSSR count). The highest BCUT2D eigenvalue weighted by atomic mass is 16.5. The highest BCUT2D eigenvalue weighted by molar-refractivity contribution is 5.69. The van der Waals surface area contributed by atoms with Crippen molar-refractivity contribution < 1.29 is 9.53 Å². The van der Waals surface area contributed by atoms with Gasteiger partial charge in [0.1, 0.15) is 0 Å². The minimum Gasteiger partial charge on any atom is -0.469 e. The lowest BCUT2D eigenvalue weighted by atomic mass is 10.1. The fourth-order valence-electron chi connectivity index (χ4n) is 1.33. The summed E-state index contributed by atoms with van der Waals surface area (Å²) in [5.74, 6) is -0.151. The van der Waals surface area contributed by atoms with Gasteiger partial charge >= 0.3 is 5.97 Å². The van der Waals surface area contributed by atoms with Gasteiger partial charge in [0.15, 0.2) is 0 Å². The molecule has 15 heavy (non-hydrogen) atoms. The first kappa shape index (κ1) is 11.5. The minimum absolute atomic E-state index is 0.151. The molecule has 0 heterocycles. The summed E-state index contributed by atoms with van der Waals surface area (Å²) in [5, 5.41) is 0. The van der Waals surface area contributed by atoms with Crippen LogP contribution >= 0.6 is 0 Å². The first-order valence-electron chi connectivity index (χ1n) is 4.97. The number of carbonyl (C=O) groups excluding carboxylic acids is 1. The summed E-state index contributed by atoms with van der Waals surface area (Å²) >= 11 is 0. The van der Waals surface area contributed by atoms with Crippen LogP contribution in [0.3, 0.4) is 0 Å². The van der Waals surface area contributed by atoms with Gasteiger partial charge in [-0.1, -0.05) is 36.9 Å². The van der Waals surface area contributed by atoms with E-state index in [1.807, 2.05) is 24.3 Å². The molecule has 0 aliphatic heterocycles. The fraction of sp³-hybridized carbons (Fsp3) is 0.308. The van der Waals surface area contributed by atoms with Gasteiger partial charge in [0, 0.05) is 6.42 Å². The molecule has 2 heteroatoms. The van der Waals surface area contributed by atoms with E-state index in [9.17, 15) is 4.79 Å². The van der Waals surface area contributed by atoms with Crippen LogP contribution in [-0.2, 0) is 16.0 Å². The predicted octanol–water partition coefficient (Wildman–Crippen LogP) is 2.63. The third-order valence-electron chi connectivity index (χ3n) is 2.25.